The minimum Gasteiger partial charge on any atom is -0.409 e. The number of unbranched alkanes of at least 4 members (excludes halogenated alkanes) is 3. The fraction of sp³-hybridized carbons (Fsp3) is 0.429. The van der Waals surface area contributed by atoms with Crippen molar-refractivity contribution >= 4 is 26.9 Å². The Balaban J connectivity index is 2.19. The van der Waals surface area contributed by atoms with Gasteiger partial charge in [-0.2, -0.15) is 0 Å². The van der Waals surface area contributed by atoms with Crippen LogP contribution in [0.2, 0.25) is 0 Å². The Morgan fingerprint density at radius 2 is 1.79 bits per heavy atom. The van der Waals surface area contributed by atoms with Crippen molar-refractivity contribution in [1.82, 2.24) is 4.57 Å². The van der Waals surface area contributed by atoms with Crippen molar-refractivity contribution in [2.24, 2.45) is 0 Å². The Morgan fingerprint density at radius 3 is 2.58 bits per heavy atom. The minimum atomic E-state index is -0.566. The van der Waals surface area contributed by atoms with Gasteiger partial charge in [0.05, 0.1) is 5.39 Å². The summed E-state index contributed by atoms with van der Waals surface area (Å²) in [7, 11) is 0. The number of nitrogens with zero attached hydrogens (tertiary/aromatic N) is 1. The van der Waals surface area contributed by atoms with Gasteiger partial charge in [-0.05, 0) is 25.0 Å². The Labute approximate surface area is 119 Å². The van der Waals surface area contributed by atoms with Crippen molar-refractivity contribution in [3.05, 3.63) is 45.2 Å². The second-order valence-electron chi connectivity index (χ2n) is 4.42. The van der Waals surface area contributed by atoms with Crippen LogP contribution in [0.1, 0.15) is 25.7 Å². The van der Waals surface area contributed by atoms with E-state index >= 15 is 0 Å². The summed E-state index contributed by atoms with van der Waals surface area (Å²) in [6.07, 6.45) is 4.03. The van der Waals surface area contributed by atoms with Gasteiger partial charge in [0, 0.05) is 11.9 Å². The van der Waals surface area contributed by atoms with Crippen LogP contribution in [0.25, 0.3) is 11.0 Å². The molecule has 0 aliphatic heterocycles. The number of aromatic nitrogens is 1. The van der Waals surface area contributed by atoms with Crippen LogP contribution in [-0.2, 0) is 6.54 Å². The lowest BCUT2D eigenvalue weighted by Crippen LogP contribution is -2.32. The van der Waals surface area contributed by atoms with Crippen molar-refractivity contribution in [2.45, 2.75) is 32.2 Å². The van der Waals surface area contributed by atoms with Gasteiger partial charge in [-0.15, -0.1) is 0 Å². The Kier molecular flexibility index (Phi) is 4.96. The molecule has 0 saturated heterocycles. The summed E-state index contributed by atoms with van der Waals surface area (Å²) in [4.78, 5) is 23.9. The zero-order valence-corrected chi connectivity index (χ0v) is 12.2. The van der Waals surface area contributed by atoms with Crippen LogP contribution in [0.3, 0.4) is 0 Å². The summed E-state index contributed by atoms with van der Waals surface area (Å²) in [6.45, 7) is 0.425. The van der Waals surface area contributed by atoms with Crippen LogP contribution in [0.4, 0.5) is 0 Å². The minimum absolute atomic E-state index is 0.257. The average molecular weight is 326 g/mol. The van der Waals surface area contributed by atoms with E-state index in [-0.39, 0.29) is 5.56 Å². The predicted molar refractivity (Wildman–Crippen MR) is 79.0 cm³/mol. The van der Waals surface area contributed by atoms with E-state index in [2.05, 4.69) is 15.9 Å². The summed E-state index contributed by atoms with van der Waals surface area (Å²) >= 11 is 3.38. The summed E-state index contributed by atoms with van der Waals surface area (Å²) < 4.78 is 6.34. The van der Waals surface area contributed by atoms with Crippen LogP contribution in [0.5, 0.6) is 0 Å². The van der Waals surface area contributed by atoms with Gasteiger partial charge in [-0.1, -0.05) is 40.9 Å². The summed E-state index contributed by atoms with van der Waals surface area (Å²) in [5, 5.41) is 1.45. The number of halogens is 1. The van der Waals surface area contributed by atoms with Gasteiger partial charge in [0.15, 0.2) is 0 Å². The van der Waals surface area contributed by atoms with Crippen molar-refractivity contribution in [1.29, 1.82) is 0 Å². The van der Waals surface area contributed by atoms with Crippen LogP contribution < -0.4 is 11.3 Å². The highest BCUT2D eigenvalue weighted by molar-refractivity contribution is 9.09. The lowest BCUT2D eigenvalue weighted by atomic mass is 10.2. The normalized spacial score (nSPS) is 11.0. The smallest absolute Gasteiger partial charge is 0.409 e. The van der Waals surface area contributed by atoms with E-state index < -0.39 is 5.76 Å². The molecule has 102 valence electrons. The van der Waals surface area contributed by atoms with Gasteiger partial charge < -0.3 is 4.42 Å². The molecule has 4 nitrogen and oxygen atoms in total. The van der Waals surface area contributed by atoms with Gasteiger partial charge in [0.1, 0.15) is 5.58 Å². The van der Waals surface area contributed by atoms with Gasteiger partial charge in [0.2, 0.25) is 0 Å². The molecule has 19 heavy (non-hydrogen) atoms. The van der Waals surface area contributed by atoms with Crippen LogP contribution in [-0.4, -0.2) is 9.90 Å². The monoisotopic (exact) mass is 325 g/mol. The Hall–Kier alpha value is -1.36. The number of hydrogen-bond donors (Lipinski definition) is 0. The summed E-state index contributed by atoms with van der Waals surface area (Å²) in [5.74, 6) is -0.566. The van der Waals surface area contributed by atoms with Gasteiger partial charge in [-0.3, -0.25) is 4.79 Å². The molecular weight excluding hydrogens is 310 g/mol. The largest absolute Gasteiger partial charge is 0.422 e. The number of fused-ring (bicyclic) bond motifs is 1. The van der Waals surface area contributed by atoms with Crippen molar-refractivity contribution in [2.75, 3.05) is 5.33 Å². The number of rotatable bonds is 6. The molecule has 0 unspecified atom stereocenters. The summed E-state index contributed by atoms with van der Waals surface area (Å²) in [6, 6.07) is 6.83. The van der Waals surface area contributed by atoms with E-state index in [1.165, 1.54) is 4.57 Å². The fourth-order valence-electron chi connectivity index (χ4n) is 2.02. The zero-order chi connectivity index (χ0) is 13.7. The maximum Gasteiger partial charge on any atom is 0.422 e. The molecule has 2 rings (SSSR count). The molecule has 0 fully saturated rings. The van der Waals surface area contributed by atoms with Crippen LogP contribution in [0, 0.1) is 0 Å². The second kappa shape index (κ2) is 6.70. The maximum absolute atomic E-state index is 12.2. The van der Waals surface area contributed by atoms with E-state index in [4.69, 9.17) is 4.42 Å². The molecule has 0 radical (unpaired) electrons. The SMILES string of the molecule is O=c1oc2ccccc2c(=O)n1CCCCCCBr. The van der Waals surface area contributed by atoms with Crippen molar-refractivity contribution in [3.63, 3.8) is 0 Å². The molecule has 0 aliphatic carbocycles. The highest BCUT2D eigenvalue weighted by Gasteiger charge is 2.08. The van der Waals surface area contributed by atoms with E-state index in [1.54, 1.807) is 24.3 Å². The molecule has 0 spiro atoms. The Bertz CT molecular complexity index is 660. The third-order valence-electron chi connectivity index (χ3n) is 3.05. The van der Waals surface area contributed by atoms with Gasteiger partial charge >= 0.3 is 5.76 Å². The molecule has 2 aromatic rings. The van der Waals surface area contributed by atoms with Crippen molar-refractivity contribution in [3.8, 4) is 0 Å². The van der Waals surface area contributed by atoms with Crippen LogP contribution in [0.15, 0.2) is 38.3 Å². The highest BCUT2D eigenvalue weighted by atomic mass is 79.9. The molecule has 0 N–H and O–H groups in total. The Morgan fingerprint density at radius 1 is 1.05 bits per heavy atom. The lowest BCUT2D eigenvalue weighted by Gasteiger charge is -2.04. The molecule has 1 heterocycles. The zero-order valence-electron chi connectivity index (χ0n) is 10.6. The number of alkyl halides is 1. The first-order valence-electron chi connectivity index (χ1n) is 6.42. The van der Waals surface area contributed by atoms with E-state index in [0.717, 1.165) is 31.0 Å². The van der Waals surface area contributed by atoms with E-state index in [9.17, 15) is 9.59 Å². The molecule has 5 heteroatoms. The van der Waals surface area contributed by atoms with Gasteiger partial charge in [0.25, 0.3) is 5.56 Å². The molecule has 1 aromatic heterocycles. The third kappa shape index (κ3) is 3.35. The van der Waals surface area contributed by atoms with Crippen molar-refractivity contribution < 1.29 is 4.42 Å². The average Bonchev–Trinajstić information content (AvgIpc) is 2.42. The molecule has 1 aromatic carbocycles. The van der Waals surface area contributed by atoms with E-state index in [1.807, 2.05) is 0 Å². The fourth-order valence-corrected chi connectivity index (χ4v) is 2.42. The van der Waals surface area contributed by atoms with Gasteiger partial charge in [-0.25, -0.2) is 9.36 Å². The first kappa shape index (κ1) is 14.1. The van der Waals surface area contributed by atoms with Crippen LogP contribution >= 0.6 is 15.9 Å². The quantitative estimate of drug-likeness (QED) is 0.606. The second-order valence-corrected chi connectivity index (χ2v) is 5.22. The maximum atomic E-state index is 12.2. The third-order valence-corrected chi connectivity index (χ3v) is 3.61. The summed E-state index contributed by atoms with van der Waals surface area (Å²) in [5.41, 5.74) is 0.0976. The van der Waals surface area contributed by atoms with E-state index in [0.29, 0.717) is 17.5 Å². The first-order valence-corrected chi connectivity index (χ1v) is 7.55. The molecule has 0 bridgehead atoms. The molecule has 0 saturated carbocycles. The predicted octanol–water partition coefficient (Wildman–Crippen LogP) is 2.91. The standard InChI is InChI=1S/C14H16BrNO3/c15-9-5-1-2-6-10-16-13(17)11-7-3-4-8-12(11)19-14(16)18/h3-4,7-8H,1-2,5-6,9-10H2. The number of para-hydroxylation sites is 1. The molecule has 0 aliphatic rings. The molecular formula is C14H16BrNO3. The highest BCUT2D eigenvalue weighted by Crippen LogP contribution is 2.07. The number of hydrogen-bond acceptors (Lipinski definition) is 3. The topological polar surface area (TPSA) is 52.2 Å². The first-order chi connectivity index (χ1) is 9.24. The number of benzene rings is 1. The molecule has 0 amide bonds. The molecule has 0 atom stereocenters. The lowest BCUT2D eigenvalue weighted by molar-refractivity contribution is 0.442.